The number of nitrogens with one attached hydrogen (secondary N) is 1. The number of aromatic amines is 1. The van der Waals surface area contributed by atoms with Gasteiger partial charge in [0, 0.05) is 16.3 Å². The van der Waals surface area contributed by atoms with Crippen molar-refractivity contribution in [3.05, 3.63) is 37.8 Å². The molecule has 0 bridgehead atoms. The third-order valence-electron chi connectivity index (χ3n) is 2.71. The van der Waals surface area contributed by atoms with Crippen molar-refractivity contribution in [2.24, 2.45) is 0 Å². The molecular weight excluding hydrogens is 298 g/mol. The van der Waals surface area contributed by atoms with Crippen LogP contribution < -0.4 is 5.69 Å². The molecule has 0 spiro atoms. The third-order valence-corrected chi connectivity index (χ3v) is 4.68. The number of aromatic nitrogens is 3. The molecule has 8 heteroatoms. The predicted octanol–water partition coefficient (Wildman–Crippen LogP) is 1.88. The largest absolute Gasteiger partial charge is 0.478 e. The van der Waals surface area contributed by atoms with Gasteiger partial charge in [-0.2, -0.15) is 4.98 Å². The zero-order valence-corrected chi connectivity index (χ0v) is 12.6. The van der Waals surface area contributed by atoms with Gasteiger partial charge in [0.25, 0.3) is 0 Å². The number of H-pyrrole nitrogens is 1. The molecule has 0 atom stereocenters. The molecule has 0 radical (unpaired) electrons. The van der Waals surface area contributed by atoms with Crippen molar-refractivity contribution in [2.45, 2.75) is 25.3 Å². The number of rotatable bonds is 5. The maximum absolute atomic E-state index is 11.4. The van der Waals surface area contributed by atoms with Gasteiger partial charge in [0.2, 0.25) is 0 Å². The summed E-state index contributed by atoms with van der Waals surface area (Å²) in [6.07, 6.45) is 0.772. The number of thioether (sulfide) groups is 1. The van der Waals surface area contributed by atoms with E-state index in [0.717, 1.165) is 17.0 Å². The van der Waals surface area contributed by atoms with Crippen molar-refractivity contribution in [2.75, 3.05) is 5.75 Å². The van der Waals surface area contributed by atoms with Crippen molar-refractivity contribution in [1.82, 2.24) is 15.0 Å². The molecule has 0 aliphatic carbocycles. The molecule has 0 amide bonds. The first-order valence-electron chi connectivity index (χ1n) is 5.85. The highest BCUT2D eigenvalue weighted by Crippen LogP contribution is 2.23. The van der Waals surface area contributed by atoms with Crippen LogP contribution in [-0.2, 0) is 6.42 Å². The molecule has 0 unspecified atom stereocenters. The van der Waals surface area contributed by atoms with Crippen LogP contribution in [0.25, 0.3) is 0 Å². The summed E-state index contributed by atoms with van der Waals surface area (Å²) in [5.74, 6) is -0.429. The van der Waals surface area contributed by atoms with E-state index in [9.17, 15) is 14.7 Å². The molecule has 2 heterocycles. The highest BCUT2D eigenvalue weighted by molar-refractivity contribution is 7.99. The van der Waals surface area contributed by atoms with E-state index in [1.807, 2.05) is 6.92 Å². The highest BCUT2D eigenvalue weighted by atomic mass is 32.2. The Morgan fingerprint density at radius 3 is 2.85 bits per heavy atom. The summed E-state index contributed by atoms with van der Waals surface area (Å²) >= 11 is 2.85. The smallest absolute Gasteiger partial charge is 0.346 e. The Bertz CT molecular complexity index is 693. The first kappa shape index (κ1) is 14.7. The normalized spacial score (nSPS) is 10.7. The first-order chi connectivity index (χ1) is 9.49. The number of carbonyl (C=O) groups is 1. The van der Waals surface area contributed by atoms with Crippen LogP contribution in [0.1, 0.15) is 26.6 Å². The second kappa shape index (κ2) is 6.19. The molecule has 0 saturated heterocycles. The van der Waals surface area contributed by atoms with E-state index in [-0.39, 0.29) is 10.6 Å². The number of carboxylic acids is 1. The molecule has 106 valence electrons. The fourth-order valence-electron chi connectivity index (χ4n) is 1.72. The Kier molecular flexibility index (Phi) is 4.56. The summed E-state index contributed by atoms with van der Waals surface area (Å²) in [7, 11) is 0. The standard InChI is InChI=1S/C12H13N3O3S2/c1-6-8(20-5-13-6)3-4-19-10-9(11(16)17)7(2)14-12(18)15-10/h5H,3-4H2,1-2H3,(H,16,17)(H,14,15,18). The van der Waals surface area contributed by atoms with Crippen LogP contribution in [0.5, 0.6) is 0 Å². The number of thiazole rings is 1. The van der Waals surface area contributed by atoms with Gasteiger partial charge in [0.05, 0.1) is 11.2 Å². The van der Waals surface area contributed by atoms with Crippen molar-refractivity contribution in [1.29, 1.82) is 0 Å². The zero-order valence-electron chi connectivity index (χ0n) is 11.0. The van der Waals surface area contributed by atoms with E-state index in [2.05, 4.69) is 15.0 Å². The molecular formula is C12H13N3O3S2. The van der Waals surface area contributed by atoms with Crippen LogP contribution in [-0.4, -0.2) is 31.8 Å². The fourth-order valence-corrected chi connectivity index (χ4v) is 3.66. The van der Waals surface area contributed by atoms with Crippen molar-refractivity contribution in [3.8, 4) is 0 Å². The lowest BCUT2D eigenvalue weighted by Crippen LogP contribution is -2.18. The quantitative estimate of drug-likeness (QED) is 0.646. The summed E-state index contributed by atoms with van der Waals surface area (Å²) in [6, 6.07) is 0. The number of hydrogen-bond donors (Lipinski definition) is 2. The molecule has 2 aromatic rings. The summed E-state index contributed by atoms with van der Waals surface area (Å²) in [4.78, 5) is 34.1. The maximum atomic E-state index is 11.4. The Morgan fingerprint density at radius 2 is 2.25 bits per heavy atom. The minimum absolute atomic E-state index is 0.0654. The van der Waals surface area contributed by atoms with Gasteiger partial charge in [-0.3, -0.25) is 0 Å². The van der Waals surface area contributed by atoms with E-state index >= 15 is 0 Å². The second-order valence-corrected chi connectivity index (χ2v) is 6.13. The third kappa shape index (κ3) is 3.26. The number of aromatic carboxylic acids is 1. The van der Waals surface area contributed by atoms with Crippen molar-refractivity contribution in [3.63, 3.8) is 0 Å². The summed E-state index contributed by atoms with van der Waals surface area (Å²) in [5, 5.41) is 9.45. The van der Waals surface area contributed by atoms with Crippen LogP contribution >= 0.6 is 23.1 Å². The van der Waals surface area contributed by atoms with E-state index in [0.29, 0.717) is 11.4 Å². The zero-order chi connectivity index (χ0) is 14.7. The molecule has 2 N–H and O–H groups in total. The van der Waals surface area contributed by atoms with Crippen LogP contribution in [0.4, 0.5) is 0 Å². The molecule has 2 aromatic heterocycles. The maximum Gasteiger partial charge on any atom is 0.346 e. The van der Waals surface area contributed by atoms with Gasteiger partial charge in [0.15, 0.2) is 0 Å². The monoisotopic (exact) mass is 311 g/mol. The summed E-state index contributed by atoms with van der Waals surface area (Å²) in [5.41, 5.74) is 2.64. The minimum atomic E-state index is -1.08. The van der Waals surface area contributed by atoms with Gasteiger partial charge >= 0.3 is 11.7 Å². The number of aryl methyl sites for hydroxylation is 3. The molecule has 20 heavy (non-hydrogen) atoms. The first-order valence-corrected chi connectivity index (χ1v) is 7.71. The SMILES string of the molecule is Cc1ncsc1CCSc1nc(=O)[nH]c(C)c1C(=O)O. The molecule has 0 aliphatic rings. The Hall–Kier alpha value is -1.67. The van der Waals surface area contributed by atoms with Crippen molar-refractivity contribution >= 4 is 29.1 Å². The lowest BCUT2D eigenvalue weighted by molar-refractivity contribution is 0.0690. The van der Waals surface area contributed by atoms with E-state index < -0.39 is 11.7 Å². The fraction of sp³-hybridized carbons (Fsp3) is 0.333. The summed E-state index contributed by atoms with van der Waals surface area (Å²) in [6.45, 7) is 3.50. The lowest BCUT2D eigenvalue weighted by atomic mass is 10.2. The van der Waals surface area contributed by atoms with Crippen LogP contribution in [0.2, 0.25) is 0 Å². The lowest BCUT2D eigenvalue weighted by Gasteiger charge is -2.06. The number of hydrogen-bond acceptors (Lipinski definition) is 6. The second-order valence-electron chi connectivity index (χ2n) is 4.11. The van der Waals surface area contributed by atoms with Gasteiger partial charge in [-0.25, -0.2) is 14.6 Å². The van der Waals surface area contributed by atoms with Gasteiger partial charge in [-0.05, 0) is 20.3 Å². The Balaban J connectivity index is 2.15. The molecule has 0 aromatic carbocycles. The van der Waals surface area contributed by atoms with E-state index in [1.54, 1.807) is 23.8 Å². The average Bonchev–Trinajstić information content (AvgIpc) is 2.73. The van der Waals surface area contributed by atoms with Gasteiger partial charge in [0.1, 0.15) is 10.6 Å². The minimum Gasteiger partial charge on any atom is -0.478 e. The molecule has 0 aliphatic heterocycles. The highest BCUT2D eigenvalue weighted by Gasteiger charge is 2.17. The Morgan fingerprint density at radius 1 is 1.50 bits per heavy atom. The molecule has 2 rings (SSSR count). The topological polar surface area (TPSA) is 95.9 Å². The van der Waals surface area contributed by atoms with Gasteiger partial charge in [-0.1, -0.05) is 0 Å². The van der Waals surface area contributed by atoms with Crippen LogP contribution in [0.15, 0.2) is 15.3 Å². The van der Waals surface area contributed by atoms with Gasteiger partial charge in [-0.15, -0.1) is 23.1 Å². The Labute approximate surface area is 123 Å². The average molecular weight is 311 g/mol. The van der Waals surface area contributed by atoms with Gasteiger partial charge < -0.3 is 10.1 Å². The number of nitrogens with zero attached hydrogens (tertiary/aromatic N) is 2. The van der Waals surface area contributed by atoms with E-state index in [1.165, 1.54) is 11.8 Å². The number of carboxylic acid groups (broad SMARTS) is 1. The molecule has 6 nitrogen and oxygen atoms in total. The molecule has 0 fully saturated rings. The molecule has 0 saturated carbocycles. The van der Waals surface area contributed by atoms with E-state index in [4.69, 9.17) is 0 Å². The van der Waals surface area contributed by atoms with Crippen LogP contribution in [0.3, 0.4) is 0 Å². The van der Waals surface area contributed by atoms with Crippen LogP contribution in [0, 0.1) is 13.8 Å². The summed E-state index contributed by atoms with van der Waals surface area (Å²) < 4.78 is 0. The van der Waals surface area contributed by atoms with Crippen molar-refractivity contribution < 1.29 is 9.90 Å². The predicted molar refractivity (Wildman–Crippen MR) is 77.8 cm³/mol.